The summed E-state index contributed by atoms with van der Waals surface area (Å²) < 4.78 is 41.1. The van der Waals surface area contributed by atoms with Gasteiger partial charge in [-0.05, 0) is 36.1 Å². The smallest absolute Gasteiger partial charge is 0.422 e. The number of fused-ring (bicyclic) bond motifs is 1. The van der Waals surface area contributed by atoms with Crippen molar-refractivity contribution in [2.75, 3.05) is 20.2 Å². The number of aromatic amines is 1. The van der Waals surface area contributed by atoms with Gasteiger partial charge < -0.3 is 20.4 Å². The molecule has 0 unspecified atom stereocenters. The summed E-state index contributed by atoms with van der Waals surface area (Å²) in [6.07, 6.45) is -0.0573. The highest BCUT2D eigenvalue weighted by Gasteiger charge is 2.28. The molecular weight excluding hydrogens is 522 g/mol. The maximum Gasteiger partial charge on any atom is 0.422 e. The van der Waals surface area contributed by atoms with Crippen LogP contribution in [-0.4, -0.2) is 42.3 Å². The highest BCUT2D eigenvalue weighted by Crippen LogP contribution is 2.20. The Hall–Kier alpha value is -2.50. The van der Waals surface area contributed by atoms with Crippen LogP contribution in [0.3, 0.4) is 0 Å². The van der Waals surface area contributed by atoms with E-state index in [0.29, 0.717) is 19.0 Å². The van der Waals surface area contributed by atoms with Gasteiger partial charge in [-0.2, -0.15) is 13.2 Å². The Balaban J connectivity index is 0.00000341. The number of hydrogen-bond donors (Lipinski definition) is 3. The van der Waals surface area contributed by atoms with Gasteiger partial charge >= 0.3 is 6.18 Å². The van der Waals surface area contributed by atoms with Crippen molar-refractivity contribution in [1.82, 2.24) is 20.6 Å². The number of nitrogens with one attached hydrogen (secondary N) is 3. The molecule has 0 radical (unpaired) electrons. The van der Waals surface area contributed by atoms with Crippen molar-refractivity contribution in [3.8, 4) is 5.88 Å². The number of aliphatic imine (C=N–C) groups is 1. The van der Waals surface area contributed by atoms with Crippen LogP contribution in [-0.2, 0) is 13.0 Å². The summed E-state index contributed by atoms with van der Waals surface area (Å²) in [7, 11) is 1.68. The molecule has 0 aliphatic carbocycles. The van der Waals surface area contributed by atoms with E-state index in [9.17, 15) is 13.2 Å². The first kappa shape index (κ1) is 24.8. The summed E-state index contributed by atoms with van der Waals surface area (Å²) in [5.74, 6) is 0.565. The molecule has 10 heteroatoms. The Morgan fingerprint density at radius 1 is 1.19 bits per heavy atom. The molecule has 3 rings (SSSR count). The van der Waals surface area contributed by atoms with Gasteiger partial charge in [0.15, 0.2) is 12.6 Å². The van der Waals surface area contributed by atoms with Crippen LogP contribution in [0.5, 0.6) is 5.88 Å². The van der Waals surface area contributed by atoms with Crippen LogP contribution >= 0.6 is 24.0 Å². The third-order valence-electron chi connectivity index (χ3n) is 4.47. The third kappa shape index (κ3) is 7.60. The number of aromatic nitrogens is 2. The fraction of sp³-hybridized carbons (Fsp3) is 0.333. The number of hydrogen-bond acceptors (Lipinski definition) is 3. The van der Waals surface area contributed by atoms with E-state index in [-0.39, 0.29) is 29.9 Å². The van der Waals surface area contributed by atoms with Crippen molar-refractivity contribution >= 4 is 40.8 Å². The molecule has 0 saturated carbocycles. The lowest BCUT2D eigenvalue weighted by Crippen LogP contribution is -2.37. The minimum absolute atomic E-state index is 0. The van der Waals surface area contributed by atoms with Gasteiger partial charge in [-0.15, -0.1) is 24.0 Å². The Labute approximate surface area is 195 Å². The van der Waals surface area contributed by atoms with E-state index < -0.39 is 12.8 Å². The second-order valence-corrected chi connectivity index (χ2v) is 6.87. The molecule has 0 aliphatic heterocycles. The van der Waals surface area contributed by atoms with Gasteiger partial charge in [-0.25, -0.2) is 4.98 Å². The lowest BCUT2D eigenvalue weighted by molar-refractivity contribution is -0.154. The summed E-state index contributed by atoms with van der Waals surface area (Å²) in [6.45, 7) is 1.83. The number of rotatable bonds is 7. The van der Waals surface area contributed by atoms with Crippen molar-refractivity contribution < 1.29 is 17.9 Å². The quantitative estimate of drug-likeness (QED) is 0.234. The van der Waals surface area contributed by atoms with Crippen LogP contribution in [0.25, 0.3) is 10.9 Å². The highest BCUT2D eigenvalue weighted by atomic mass is 127. The normalized spacial score (nSPS) is 11.8. The van der Waals surface area contributed by atoms with E-state index in [0.717, 1.165) is 17.5 Å². The molecule has 0 saturated heterocycles. The minimum atomic E-state index is -4.38. The molecule has 3 aromatic rings. The number of pyridine rings is 1. The maximum atomic E-state index is 12.2. The third-order valence-corrected chi connectivity index (χ3v) is 4.47. The van der Waals surface area contributed by atoms with Gasteiger partial charge in [0.25, 0.3) is 0 Å². The number of ether oxygens (including phenoxy) is 1. The van der Waals surface area contributed by atoms with Gasteiger partial charge in [-0.1, -0.05) is 18.2 Å². The van der Waals surface area contributed by atoms with Crippen molar-refractivity contribution in [2.45, 2.75) is 26.1 Å². The molecule has 6 nitrogen and oxygen atoms in total. The van der Waals surface area contributed by atoms with Gasteiger partial charge in [0.1, 0.15) is 0 Å². The van der Waals surface area contributed by atoms with Crippen LogP contribution in [0, 0.1) is 6.92 Å². The zero-order valence-electron chi connectivity index (χ0n) is 17.2. The zero-order chi connectivity index (χ0) is 21.6. The largest absolute Gasteiger partial charge is 0.468 e. The molecule has 168 valence electrons. The van der Waals surface area contributed by atoms with Crippen molar-refractivity contribution in [2.24, 2.45) is 4.99 Å². The van der Waals surface area contributed by atoms with Crippen LogP contribution in [0.2, 0.25) is 0 Å². The number of aryl methyl sites for hydroxylation is 1. The fourth-order valence-corrected chi connectivity index (χ4v) is 2.99. The topological polar surface area (TPSA) is 74.3 Å². The SMILES string of the molecule is CN=C(NCCc1c[nH]c2cc(C)ccc12)NCc1ccc(OCC(F)(F)F)nc1.I. The number of guanidine groups is 1. The second kappa shape index (κ2) is 11.2. The van der Waals surface area contributed by atoms with Gasteiger partial charge in [0, 0.05) is 49.5 Å². The number of halogens is 4. The van der Waals surface area contributed by atoms with Gasteiger partial charge in [0.2, 0.25) is 5.88 Å². The summed E-state index contributed by atoms with van der Waals surface area (Å²) >= 11 is 0. The Morgan fingerprint density at radius 2 is 2.00 bits per heavy atom. The van der Waals surface area contributed by atoms with Gasteiger partial charge in [0.05, 0.1) is 0 Å². The molecule has 0 atom stereocenters. The lowest BCUT2D eigenvalue weighted by Gasteiger charge is -2.12. The predicted molar refractivity (Wildman–Crippen MR) is 126 cm³/mol. The predicted octanol–water partition coefficient (Wildman–Crippen LogP) is 4.34. The average molecular weight is 547 g/mol. The molecule has 0 spiro atoms. The first-order valence-corrected chi connectivity index (χ1v) is 9.49. The number of benzene rings is 1. The van der Waals surface area contributed by atoms with Crippen LogP contribution in [0.1, 0.15) is 16.7 Å². The Morgan fingerprint density at radius 3 is 2.68 bits per heavy atom. The minimum Gasteiger partial charge on any atom is -0.468 e. The molecule has 2 aromatic heterocycles. The number of H-pyrrole nitrogens is 1. The van der Waals surface area contributed by atoms with E-state index in [4.69, 9.17) is 0 Å². The standard InChI is InChI=1S/C21H24F3N5O.HI/c1-14-3-5-17-16(12-27-18(17)9-14)7-8-26-20(25-2)29-11-15-4-6-19(28-10-15)30-13-21(22,23)24;/h3-6,9-10,12,27H,7-8,11,13H2,1-2H3,(H2,25,26,29);1H. The van der Waals surface area contributed by atoms with Gasteiger partial charge in [-0.3, -0.25) is 4.99 Å². The second-order valence-electron chi connectivity index (χ2n) is 6.87. The van der Waals surface area contributed by atoms with Crippen LogP contribution in [0.4, 0.5) is 13.2 Å². The van der Waals surface area contributed by atoms with E-state index in [1.54, 1.807) is 13.1 Å². The fourth-order valence-electron chi connectivity index (χ4n) is 2.99. The van der Waals surface area contributed by atoms with Crippen molar-refractivity contribution in [1.29, 1.82) is 0 Å². The average Bonchev–Trinajstić information content (AvgIpc) is 3.11. The van der Waals surface area contributed by atoms with Crippen molar-refractivity contribution in [3.05, 3.63) is 59.4 Å². The molecule has 2 heterocycles. The molecule has 1 aromatic carbocycles. The molecule has 0 fully saturated rings. The van der Waals surface area contributed by atoms with E-state index in [2.05, 4.69) is 55.5 Å². The summed E-state index contributed by atoms with van der Waals surface area (Å²) in [5, 5.41) is 7.63. The molecule has 0 aliphatic rings. The number of alkyl halides is 3. The van der Waals surface area contributed by atoms with E-state index in [1.807, 2.05) is 6.20 Å². The summed E-state index contributed by atoms with van der Waals surface area (Å²) in [6, 6.07) is 9.42. The van der Waals surface area contributed by atoms with Crippen molar-refractivity contribution in [3.63, 3.8) is 0 Å². The first-order chi connectivity index (χ1) is 14.3. The molecular formula is C21H25F3IN5O. The molecule has 31 heavy (non-hydrogen) atoms. The maximum absolute atomic E-state index is 12.2. The highest BCUT2D eigenvalue weighted by molar-refractivity contribution is 14.0. The zero-order valence-corrected chi connectivity index (χ0v) is 19.5. The van der Waals surface area contributed by atoms with E-state index >= 15 is 0 Å². The molecule has 0 amide bonds. The molecule has 0 bridgehead atoms. The number of nitrogens with zero attached hydrogens (tertiary/aromatic N) is 2. The summed E-state index contributed by atoms with van der Waals surface area (Å²) in [5.41, 5.74) is 4.37. The molecule has 3 N–H and O–H groups in total. The Kier molecular flexibility index (Phi) is 8.96. The first-order valence-electron chi connectivity index (χ1n) is 9.49. The summed E-state index contributed by atoms with van der Waals surface area (Å²) in [4.78, 5) is 11.4. The monoisotopic (exact) mass is 547 g/mol. The van der Waals surface area contributed by atoms with Crippen LogP contribution in [0.15, 0.2) is 47.7 Å². The van der Waals surface area contributed by atoms with E-state index in [1.165, 1.54) is 28.8 Å². The lowest BCUT2D eigenvalue weighted by atomic mass is 10.1. The Bertz CT molecular complexity index is 1000. The van der Waals surface area contributed by atoms with Crippen LogP contribution < -0.4 is 15.4 Å².